The number of benzene rings is 1. The normalized spacial score (nSPS) is 11.9. The molecular weight excluding hydrogens is 306 g/mol. The van der Waals surface area contributed by atoms with E-state index in [-0.39, 0.29) is 0 Å². The van der Waals surface area contributed by atoms with Crippen LogP contribution < -0.4 is 4.74 Å². The van der Waals surface area contributed by atoms with Gasteiger partial charge in [0.05, 0.1) is 12.7 Å². The van der Waals surface area contributed by atoms with Crippen LogP contribution in [0.15, 0.2) is 18.2 Å². The van der Waals surface area contributed by atoms with Gasteiger partial charge in [-0.3, -0.25) is 0 Å². The first-order valence-corrected chi connectivity index (χ1v) is 9.79. The molecular formula is C23H35NO. The summed E-state index contributed by atoms with van der Waals surface area (Å²) in [5, 5.41) is 9.08. The van der Waals surface area contributed by atoms with Crippen LogP contribution in [0.25, 0.3) is 5.57 Å². The maximum atomic E-state index is 9.08. The number of nitriles is 1. The lowest BCUT2D eigenvalue weighted by atomic mass is 9.89. The zero-order valence-corrected chi connectivity index (χ0v) is 17.0. The van der Waals surface area contributed by atoms with Crippen molar-refractivity contribution in [1.29, 1.82) is 5.26 Å². The van der Waals surface area contributed by atoms with E-state index >= 15 is 0 Å². The topological polar surface area (TPSA) is 33.0 Å². The van der Waals surface area contributed by atoms with E-state index < -0.39 is 0 Å². The third-order valence-electron chi connectivity index (χ3n) is 4.63. The van der Waals surface area contributed by atoms with Gasteiger partial charge in [0.1, 0.15) is 5.75 Å². The lowest BCUT2D eigenvalue weighted by Gasteiger charge is -2.21. The third kappa shape index (κ3) is 6.58. The quantitative estimate of drug-likeness (QED) is 0.333. The van der Waals surface area contributed by atoms with Crippen LogP contribution in [0.1, 0.15) is 102 Å². The molecule has 0 aliphatic heterocycles. The summed E-state index contributed by atoms with van der Waals surface area (Å²) >= 11 is 0. The van der Waals surface area contributed by atoms with Gasteiger partial charge < -0.3 is 4.74 Å². The minimum atomic E-state index is 0.391. The Kier molecular flexibility index (Phi) is 9.35. The number of nitrogens with zero attached hydrogens (tertiary/aromatic N) is 1. The molecule has 0 saturated carbocycles. The van der Waals surface area contributed by atoms with Gasteiger partial charge in [-0.25, -0.2) is 0 Å². The Labute approximate surface area is 154 Å². The van der Waals surface area contributed by atoms with Gasteiger partial charge in [0.25, 0.3) is 0 Å². The molecule has 0 unspecified atom stereocenters. The van der Waals surface area contributed by atoms with Gasteiger partial charge in [0.2, 0.25) is 0 Å². The van der Waals surface area contributed by atoms with Gasteiger partial charge in [0, 0.05) is 11.6 Å². The molecule has 1 aromatic carbocycles. The lowest BCUT2D eigenvalue weighted by Crippen LogP contribution is -2.06. The Hall–Kier alpha value is -1.75. The molecule has 0 fully saturated rings. The molecule has 0 saturated heterocycles. The Morgan fingerprint density at radius 1 is 1.08 bits per heavy atom. The van der Waals surface area contributed by atoms with E-state index in [9.17, 15) is 0 Å². The van der Waals surface area contributed by atoms with Crippen molar-refractivity contribution in [2.45, 2.75) is 85.5 Å². The molecule has 1 rings (SSSR count). The van der Waals surface area contributed by atoms with Crippen LogP contribution in [0.5, 0.6) is 5.75 Å². The molecule has 0 heterocycles. The molecule has 2 nitrogen and oxygen atoms in total. The van der Waals surface area contributed by atoms with Crippen LogP contribution in [0.3, 0.4) is 0 Å². The van der Waals surface area contributed by atoms with E-state index in [4.69, 9.17) is 10.00 Å². The van der Waals surface area contributed by atoms with Crippen LogP contribution in [0.2, 0.25) is 0 Å². The third-order valence-corrected chi connectivity index (χ3v) is 4.63. The molecule has 1 aromatic rings. The summed E-state index contributed by atoms with van der Waals surface area (Å²) in [7, 11) is 0. The van der Waals surface area contributed by atoms with Crippen molar-refractivity contribution in [3.8, 4) is 11.8 Å². The summed E-state index contributed by atoms with van der Waals surface area (Å²) in [6, 6.07) is 6.65. The second-order valence-corrected chi connectivity index (χ2v) is 7.52. The van der Waals surface area contributed by atoms with Crippen molar-refractivity contribution >= 4 is 5.57 Å². The average molecular weight is 342 g/mol. The van der Waals surface area contributed by atoms with Crippen LogP contribution in [0.4, 0.5) is 0 Å². The summed E-state index contributed by atoms with van der Waals surface area (Å²) in [6.45, 7) is 13.8. The molecule has 0 aliphatic rings. The zero-order valence-electron chi connectivity index (χ0n) is 17.0. The van der Waals surface area contributed by atoms with E-state index in [1.165, 1.54) is 36.8 Å². The Morgan fingerprint density at radius 2 is 1.76 bits per heavy atom. The molecule has 0 atom stereocenters. The van der Waals surface area contributed by atoms with Crippen molar-refractivity contribution in [3.05, 3.63) is 34.9 Å². The number of ether oxygens (including phenoxy) is 1. The summed E-state index contributed by atoms with van der Waals surface area (Å²) in [6.07, 6.45) is 7.77. The molecule has 2 heteroatoms. The Morgan fingerprint density at radius 3 is 2.32 bits per heavy atom. The highest BCUT2D eigenvalue weighted by atomic mass is 16.5. The van der Waals surface area contributed by atoms with Gasteiger partial charge in [-0.1, -0.05) is 66.4 Å². The van der Waals surface area contributed by atoms with Crippen LogP contribution in [-0.2, 0) is 0 Å². The second-order valence-electron chi connectivity index (χ2n) is 7.52. The average Bonchev–Trinajstić information content (AvgIpc) is 2.57. The fraction of sp³-hybridized carbons (Fsp3) is 0.609. The van der Waals surface area contributed by atoms with Gasteiger partial charge in [-0.05, 0) is 47.9 Å². The maximum Gasteiger partial charge on any atom is 0.130 e. The molecule has 0 aliphatic carbocycles. The minimum Gasteiger partial charge on any atom is -0.493 e. The molecule has 0 spiro atoms. The standard InChI is InChI=1S/C23H35NO/c1-7-8-9-10-11-14-25-23-21(18(4)5)15-20(17(2)3)16-22(23)19(6)12-13-24/h12,15-18H,7-11,14H2,1-6H3/b19-12-. The highest BCUT2D eigenvalue weighted by Crippen LogP contribution is 2.37. The molecule has 0 bridgehead atoms. The first-order valence-electron chi connectivity index (χ1n) is 9.79. The fourth-order valence-corrected chi connectivity index (χ4v) is 2.95. The predicted molar refractivity (Wildman–Crippen MR) is 108 cm³/mol. The number of unbranched alkanes of at least 4 members (excludes halogenated alkanes) is 4. The monoisotopic (exact) mass is 341 g/mol. The van der Waals surface area contributed by atoms with Crippen LogP contribution in [0, 0.1) is 11.3 Å². The van der Waals surface area contributed by atoms with E-state index in [1.807, 2.05) is 6.92 Å². The van der Waals surface area contributed by atoms with Crippen molar-refractivity contribution in [1.82, 2.24) is 0 Å². The zero-order chi connectivity index (χ0) is 18.8. The van der Waals surface area contributed by atoms with Gasteiger partial charge in [0.15, 0.2) is 0 Å². The molecule has 0 aromatic heterocycles. The molecule has 0 N–H and O–H groups in total. The number of hydrogen-bond acceptors (Lipinski definition) is 2. The second kappa shape index (κ2) is 11.0. The number of hydrogen-bond donors (Lipinski definition) is 0. The fourth-order valence-electron chi connectivity index (χ4n) is 2.95. The number of allylic oxidation sites excluding steroid dienone is 2. The SMILES string of the molecule is CCCCCCCOc1c(/C(C)=C\C#N)cc(C(C)C)cc1C(C)C. The van der Waals surface area contributed by atoms with E-state index in [2.05, 4.69) is 52.8 Å². The lowest BCUT2D eigenvalue weighted by molar-refractivity contribution is 0.299. The van der Waals surface area contributed by atoms with Gasteiger partial charge >= 0.3 is 0 Å². The predicted octanol–water partition coefficient (Wildman–Crippen LogP) is 7.21. The van der Waals surface area contributed by atoms with Crippen molar-refractivity contribution in [2.75, 3.05) is 6.61 Å². The molecule has 25 heavy (non-hydrogen) atoms. The Balaban J connectivity index is 3.13. The Bertz CT molecular complexity index is 605. The molecule has 0 radical (unpaired) electrons. The molecule has 0 amide bonds. The van der Waals surface area contributed by atoms with Gasteiger partial charge in [-0.2, -0.15) is 5.26 Å². The smallest absolute Gasteiger partial charge is 0.130 e. The van der Waals surface area contributed by atoms with E-state index in [0.29, 0.717) is 11.8 Å². The number of rotatable bonds is 10. The van der Waals surface area contributed by atoms with Crippen LogP contribution >= 0.6 is 0 Å². The summed E-state index contributed by atoms with van der Waals surface area (Å²) in [5.41, 5.74) is 4.61. The molecule has 138 valence electrons. The van der Waals surface area contributed by atoms with Crippen molar-refractivity contribution in [2.24, 2.45) is 0 Å². The maximum absolute atomic E-state index is 9.08. The largest absolute Gasteiger partial charge is 0.493 e. The summed E-state index contributed by atoms with van der Waals surface area (Å²) < 4.78 is 6.26. The first kappa shape index (κ1) is 21.3. The van der Waals surface area contributed by atoms with Crippen molar-refractivity contribution < 1.29 is 4.74 Å². The van der Waals surface area contributed by atoms with Gasteiger partial charge in [-0.15, -0.1) is 0 Å². The highest BCUT2D eigenvalue weighted by molar-refractivity contribution is 5.73. The van der Waals surface area contributed by atoms with Crippen LogP contribution in [-0.4, -0.2) is 6.61 Å². The summed E-state index contributed by atoms with van der Waals surface area (Å²) in [5.74, 6) is 1.82. The van der Waals surface area contributed by atoms with E-state index in [0.717, 1.165) is 29.9 Å². The minimum absolute atomic E-state index is 0.391. The van der Waals surface area contributed by atoms with Crippen molar-refractivity contribution in [3.63, 3.8) is 0 Å². The summed E-state index contributed by atoms with van der Waals surface area (Å²) in [4.78, 5) is 0. The highest BCUT2D eigenvalue weighted by Gasteiger charge is 2.17. The first-order chi connectivity index (χ1) is 11.9. The van der Waals surface area contributed by atoms with E-state index in [1.54, 1.807) is 6.08 Å².